The average Bonchev–Trinajstić information content (AvgIpc) is 2.89. The lowest BCUT2D eigenvalue weighted by Gasteiger charge is -2.34. The number of aryl methyl sites for hydroxylation is 1. The van der Waals surface area contributed by atoms with Crippen molar-refractivity contribution in [2.45, 2.75) is 78.0 Å². The summed E-state index contributed by atoms with van der Waals surface area (Å²) in [4.78, 5) is 42.2. The van der Waals surface area contributed by atoms with Gasteiger partial charge in [-0.1, -0.05) is 80.8 Å². The van der Waals surface area contributed by atoms with E-state index in [9.17, 15) is 14.4 Å². The number of carbonyl (C=O) groups is 3. The summed E-state index contributed by atoms with van der Waals surface area (Å²) in [6.45, 7) is 13.3. The van der Waals surface area contributed by atoms with E-state index in [0.717, 1.165) is 30.4 Å². The summed E-state index contributed by atoms with van der Waals surface area (Å²) in [5, 5.41) is 6.00. The van der Waals surface area contributed by atoms with Gasteiger partial charge in [0.2, 0.25) is 5.91 Å². The Balaban J connectivity index is 2.56. The van der Waals surface area contributed by atoms with Crippen molar-refractivity contribution < 1.29 is 19.1 Å². The van der Waals surface area contributed by atoms with E-state index in [4.69, 9.17) is 16.3 Å². The predicted molar refractivity (Wildman–Crippen MR) is 167 cm³/mol. The van der Waals surface area contributed by atoms with Crippen LogP contribution in [0.25, 0.3) is 6.08 Å². The van der Waals surface area contributed by atoms with Crippen LogP contribution in [0.1, 0.15) is 76.1 Å². The second kappa shape index (κ2) is 15.7. The third-order valence-electron chi connectivity index (χ3n) is 6.20. The smallest absolute Gasteiger partial charge is 0.408 e. The molecule has 0 radical (unpaired) electrons. The Morgan fingerprint density at radius 1 is 1.12 bits per heavy atom. The number of unbranched alkanes of at least 4 members (excludes halogenated alkanes) is 3. The van der Waals surface area contributed by atoms with Crippen molar-refractivity contribution >= 4 is 53.9 Å². The van der Waals surface area contributed by atoms with E-state index in [-0.39, 0.29) is 5.75 Å². The highest BCUT2D eigenvalue weighted by molar-refractivity contribution is 7.80. The van der Waals surface area contributed by atoms with Gasteiger partial charge >= 0.3 is 6.09 Å². The van der Waals surface area contributed by atoms with Crippen molar-refractivity contribution in [3.8, 4) is 0 Å². The molecule has 218 valence electrons. The zero-order valence-corrected chi connectivity index (χ0v) is 25.8. The van der Waals surface area contributed by atoms with Gasteiger partial charge in [-0.05, 0) is 62.9 Å². The van der Waals surface area contributed by atoms with Crippen molar-refractivity contribution in [3.63, 3.8) is 0 Å². The minimum atomic E-state index is -1.01. The molecule has 0 saturated heterocycles. The lowest BCUT2D eigenvalue weighted by Crippen LogP contribution is -2.53. The minimum absolute atomic E-state index is 0.0220. The van der Waals surface area contributed by atoms with E-state index in [0.29, 0.717) is 29.2 Å². The Labute approximate surface area is 249 Å². The van der Waals surface area contributed by atoms with E-state index in [1.54, 1.807) is 39.0 Å². The topological polar surface area (TPSA) is 87.7 Å². The first-order valence-corrected chi connectivity index (χ1v) is 14.6. The number of thiol groups is 1. The largest absolute Gasteiger partial charge is 0.444 e. The maximum Gasteiger partial charge on any atom is 0.408 e. The number of amides is 3. The Morgan fingerprint density at radius 3 is 2.42 bits per heavy atom. The lowest BCUT2D eigenvalue weighted by atomic mass is 9.99. The normalized spacial score (nSPS) is 12.7. The van der Waals surface area contributed by atoms with Crippen LogP contribution in [-0.4, -0.2) is 46.7 Å². The molecule has 7 nitrogen and oxygen atoms in total. The number of hydrogen-bond donors (Lipinski definition) is 3. The van der Waals surface area contributed by atoms with Gasteiger partial charge in [0.1, 0.15) is 17.7 Å². The van der Waals surface area contributed by atoms with Crippen LogP contribution in [0.3, 0.4) is 0 Å². The van der Waals surface area contributed by atoms with Crippen molar-refractivity contribution in [1.82, 2.24) is 10.2 Å². The van der Waals surface area contributed by atoms with Crippen LogP contribution in [0.2, 0.25) is 5.02 Å². The first-order chi connectivity index (χ1) is 18.9. The fourth-order valence-electron chi connectivity index (χ4n) is 4.22. The van der Waals surface area contributed by atoms with E-state index in [2.05, 4.69) is 36.8 Å². The second-order valence-electron chi connectivity index (χ2n) is 10.7. The Kier molecular flexibility index (Phi) is 13.1. The number of rotatable bonds is 13. The van der Waals surface area contributed by atoms with Crippen molar-refractivity contribution in [3.05, 3.63) is 70.8 Å². The molecule has 2 N–H and O–H groups in total. The van der Waals surface area contributed by atoms with Crippen LogP contribution < -0.4 is 10.6 Å². The number of ether oxygens (including phenoxy) is 1. The summed E-state index contributed by atoms with van der Waals surface area (Å²) in [6, 6.07) is 10.7. The quantitative estimate of drug-likeness (QED) is 0.171. The number of halogens is 1. The number of hydrogen-bond acceptors (Lipinski definition) is 5. The Morgan fingerprint density at radius 2 is 1.82 bits per heavy atom. The molecule has 2 atom stereocenters. The summed E-state index contributed by atoms with van der Waals surface area (Å²) in [5.41, 5.74) is 1.95. The molecule has 0 aliphatic rings. The Bertz CT molecular complexity index is 1160. The number of benzene rings is 2. The molecule has 0 spiro atoms. The van der Waals surface area contributed by atoms with Crippen LogP contribution >= 0.6 is 24.2 Å². The van der Waals surface area contributed by atoms with Gasteiger partial charge in [-0.15, -0.1) is 0 Å². The maximum atomic E-state index is 14.1. The van der Waals surface area contributed by atoms with Gasteiger partial charge in [0.25, 0.3) is 5.91 Å². The van der Waals surface area contributed by atoms with E-state index in [1.807, 2.05) is 37.3 Å². The first-order valence-electron chi connectivity index (χ1n) is 13.6. The molecule has 0 aliphatic heterocycles. The molecule has 0 saturated carbocycles. The molecule has 2 unspecified atom stereocenters. The molecule has 0 bridgehead atoms. The molecule has 40 heavy (non-hydrogen) atoms. The zero-order valence-electron chi connectivity index (χ0n) is 24.1. The fourth-order valence-corrected chi connectivity index (χ4v) is 4.74. The second-order valence-corrected chi connectivity index (χ2v) is 11.4. The summed E-state index contributed by atoms with van der Waals surface area (Å²) in [6.07, 6.45) is 4.54. The SMILES string of the molecule is C=Cc1cccc(C(C(=O)Nc2c(C)cccc2Cl)N(CCCCCC)C(=O)C(CS)NC(=O)OC(C)(C)C)c1. The summed E-state index contributed by atoms with van der Waals surface area (Å²) in [7, 11) is 0. The highest BCUT2D eigenvalue weighted by Gasteiger charge is 2.36. The van der Waals surface area contributed by atoms with Crippen molar-refractivity contribution in [2.24, 2.45) is 0 Å². The molecule has 0 aromatic heterocycles. The summed E-state index contributed by atoms with van der Waals surface area (Å²) < 4.78 is 5.38. The molecule has 0 fully saturated rings. The lowest BCUT2D eigenvalue weighted by molar-refractivity contribution is -0.140. The fraction of sp³-hybridized carbons (Fsp3) is 0.452. The third-order valence-corrected chi connectivity index (χ3v) is 6.88. The van der Waals surface area contributed by atoms with Gasteiger partial charge in [0.05, 0.1) is 10.7 Å². The summed E-state index contributed by atoms with van der Waals surface area (Å²) in [5.74, 6) is -0.831. The Hall–Kier alpha value is -2.97. The van der Waals surface area contributed by atoms with Crippen LogP contribution in [0.4, 0.5) is 10.5 Å². The number of anilines is 1. The molecule has 2 rings (SSSR count). The third kappa shape index (κ3) is 9.89. The van der Waals surface area contributed by atoms with Gasteiger partial charge in [0.15, 0.2) is 0 Å². The molecular weight excluding hydrogens is 546 g/mol. The molecular formula is C31H42ClN3O4S. The molecule has 2 aromatic rings. The van der Waals surface area contributed by atoms with Crippen LogP contribution in [0, 0.1) is 6.92 Å². The van der Waals surface area contributed by atoms with Gasteiger partial charge in [-0.25, -0.2) is 4.79 Å². The molecule has 9 heteroatoms. The van der Waals surface area contributed by atoms with Gasteiger partial charge in [-0.2, -0.15) is 12.6 Å². The van der Waals surface area contributed by atoms with Crippen LogP contribution in [0.15, 0.2) is 49.0 Å². The number of nitrogens with one attached hydrogen (secondary N) is 2. The molecule has 0 heterocycles. The monoisotopic (exact) mass is 587 g/mol. The zero-order chi connectivity index (χ0) is 29.9. The van der Waals surface area contributed by atoms with E-state index in [1.165, 1.54) is 4.90 Å². The average molecular weight is 588 g/mol. The predicted octanol–water partition coefficient (Wildman–Crippen LogP) is 7.20. The number of nitrogens with zero attached hydrogens (tertiary/aromatic N) is 1. The van der Waals surface area contributed by atoms with E-state index >= 15 is 0 Å². The highest BCUT2D eigenvalue weighted by Crippen LogP contribution is 2.30. The number of para-hydroxylation sites is 1. The maximum absolute atomic E-state index is 14.1. The minimum Gasteiger partial charge on any atom is -0.444 e. The standard InChI is InChI=1S/C31H42ClN3O4S/c1-7-9-10-11-18-35(29(37)25(20-40)33-30(38)39-31(4,5)6)27(23-16-13-15-22(8-2)19-23)28(36)34-26-21(3)14-12-17-24(26)32/h8,12-17,19,25,27,40H,2,7,9-11,18,20H2,1,3-6H3,(H,33,38)(H,34,36). The van der Waals surface area contributed by atoms with Crippen molar-refractivity contribution in [1.29, 1.82) is 0 Å². The summed E-state index contributed by atoms with van der Waals surface area (Å²) >= 11 is 10.8. The van der Waals surface area contributed by atoms with Crippen LogP contribution in [-0.2, 0) is 14.3 Å². The molecule has 3 amide bonds. The van der Waals surface area contributed by atoms with Crippen LogP contribution in [0.5, 0.6) is 0 Å². The van der Waals surface area contributed by atoms with Gasteiger partial charge in [-0.3, -0.25) is 9.59 Å². The van der Waals surface area contributed by atoms with Gasteiger partial charge in [0, 0.05) is 12.3 Å². The van der Waals surface area contributed by atoms with E-state index < -0.39 is 35.6 Å². The molecule has 2 aromatic carbocycles. The van der Waals surface area contributed by atoms with Gasteiger partial charge < -0.3 is 20.3 Å². The van der Waals surface area contributed by atoms with Crippen molar-refractivity contribution in [2.75, 3.05) is 17.6 Å². The molecule has 0 aliphatic carbocycles. The highest BCUT2D eigenvalue weighted by atomic mass is 35.5. The first kappa shape index (κ1) is 33.2. The number of alkyl carbamates (subject to hydrolysis) is 1. The number of carbonyl (C=O) groups excluding carboxylic acids is 3.